The molecule has 0 radical (unpaired) electrons. The Kier molecular flexibility index (Phi) is 4.89. The van der Waals surface area contributed by atoms with Crippen LogP contribution in [-0.2, 0) is 4.74 Å². The van der Waals surface area contributed by atoms with E-state index in [9.17, 15) is 19.2 Å². The van der Waals surface area contributed by atoms with E-state index in [0.29, 0.717) is 16.4 Å². The quantitative estimate of drug-likeness (QED) is 0.288. The van der Waals surface area contributed by atoms with Crippen molar-refractivity contribution >= 4 is 33.9 Å². The van der Waals surface area contributed by atoms with E-state index in [1.807, 2.05) is 0 Å². The molecule has 2 aromatic heterocycles. The molecule has 0 saturated heterocycles. The first kappa shape index (κ1) is 19.1. The Bertz CT molecular complexity index is 1410. The SMILES string of the molecule is CCOC(=O)c1cc2ccc(OC(=O)c3cc4ccccc4oc3=O)cc2oc1=O. The number of para-hydroxylation sites is 1. The molecular formula is C22H14O8. The highest BCUT2D eigenvalue weighted by atomic mass is 16.5. The van der Waals surface area contributed by atoms with Gasteiger partial charge in [0.15, 0.2) is 0 Å². The zero-order chi connectivity index (χ0) is 21.3. The first-order valence-electron chi connectivity index (χ1n) is 8.96. The Balaban J connectivity index is 1.65. The van der Waals surface area contributed by atoms with Gasteiger partial charge < -0.3 is 18.3 Å². The van der Waals surface area contributed by atoms with Crippen molar-refractivity contribution in [3.05, 3.63) is 86.6 Å². The summed E-state index contributed by atoms with van der Waals surface area (Å²) in [5.74, 6) is -1.65. The fraction of sp³-hybridized carbons (Fsp3) is 0.0909. The average Bonchev–Trinajstić information content (AvgIpc) is 2.72. The fourth-order valence-electron chi connectivity index (χ4n) is 2.87. The number of hydrogen-bond acceptors (Lipinski definition) is 8. The van der Waals surface area contributed by atoms with Gasteiger partial charge in [-0.2, -0.15) is 0 Å². The summed E-state index contributed by atoms with van der Waals surface area (Å²) in [5.41, 5.74) is -1.76. The topological polar surface area (TPSA) is 113 Å². The summed E-state index contributed by atoms with van der Waals surface area (Å²) in [6.07, 6.45) is 0. The maximum atomic E-state index is 12.5. The van der Waals surface area contributed by atoms with Crippen molar-refractivity contribution in [2.75, 3.05) is 6.61 Å². The van der Waals surface area contributed by atoms with E-state index in [1.54, 1.807) is 31.2 Å². The molecule has 0 aliphatic carbocycles. The summed E-state index contributed by atoms with van der Waals surface area (Å²) in [6, 6.07) is 13.7. The molecule has 0 atom stereocenters. The number of carbonyl (C=O) groups excluding carboxylic acids is 2. The molecule has 4 aromatic rings. The first-order valence-corrected chi connectivity index (χ1v) is 8.96. The van der Waals surface area contributed by atoms with Crippen LogP contribution in [0.1, 0.15) is 27.6 Å². The lowest BCUT2D eigenvalue weighted by Crippen LogP contribution is -2.18. The number of carbonyl (C=O) groups is 2. The minimum atomic E-state index is -0.917. The van der Waals surface area contributed by atoms with Crippen molar-refractivity contribution in [2.24, 2.45) is 0 Å². The molecule has 150 valence electrons. The van der Waals surface area contributed by atoms with Crippen molar-refractivity contribution in [3.8, 4) is 5.75 Å². The van der Waals surface area contributed by atoms with Gasteiger partial charge in [0.2, 0.25) is 0 Å². The molecule has 0 saturated carbocycles. The monoisotopic (exact) mass is 406 g/mol. The first-order chi connectivity index (χ1) is 14.5. The zero-order valence-electron chi connectivity index (χ0n) is 15.7. The van der Waals surface area contributed by atoms with E-state index in [-0.39, 0.29) is 29.1 Å². The van der Waals surface area contributed by atoms with Crippen LogP contribution in [-0.4, -0.2) is 18.5 Å². The third-order valence-corrected chi connectivity index (χ3v) is 4.27. The normalized spacial score (nSPS) is 10.8. The molecule has 8 heteroatoms. The van der Waals surface area contributed by atoms with Crippen LogP contribution >= 0.6 is 0 Å². The van der Waals surface area contributed by atoms with Crippen molar-refractivity contribution in [2.45, 2.75) is 6.92 Å². The molecule has 2 heterocycles. The second-order valence-corrected chi connectivity index (χ2v) is 6.24. The van der Waals surface area contributed by atoms with Crippen LogP contribution in [0.3, 0.4) is 0 Å². The van der Waals surface area contributed by atoms with Gasteiger partial charge in [-0.05, 0) is 37.3 Å². The number of esters is 2. The summed E-state index contributed by atoms with van der Waals surface area (Å²) < 4.78 is 20.3. The summed E-state index contributed by atoms with van der Waals surface area (Å²) in [6.45, 7) is 1.74. The Morgan fingerprint density at radius 2 is 1.43 bits per heavy atom. The van der Waals surface area contributed by atoms with Crippen molar-refractivity contribution in [3.63, 3.8) is 0 Å². The van der Waals surface area contributed by atoms with E-state index in [2.05, 4.69) is 0 Å². The minimum absolute atomic E-state index is 0.0482. The van der Waals surface area contributed by atoms with E-state index >= 15 is 0 Å². The smallest absolute Gasteiger partial charge is 0.351 e. The fourth-order valence-corrected chi connectivity index (χ4v) is 2.87. The highest BCUT2D eigenvalue weighted by Gasteiger charge is 2.18. The largest absolute Gasteiger partial charge is 0.462 e. The van der Waals surface area contributed by atoms with Crippen molar-refractivity contribution in [1.29, 1.82) is 0 Å². The van der Waals surface area contributed by atoms with E-state index in [4.69, 9.17) is 18.3 Å². The molecule has 8 nitrogen and oxygen atoms in total. The predicted molar refractivity (Wildman–Crippen MR) is 106 cm³/mol. The van der Waals surface area contributed by atoms with Gasteiger partial charge in [0.05, 0.1) is 6.61 Å². The molecule has 0 unspecified atom stereocenters. The maximum Gasteiger partial charge on any atom is 0.351 e. The second-order valence-electron chi connectivity index (χ2n) is 6.24. The summed E-state index contributed by atoms with van der Waals surface area (Å²) in [7, 11) is 0. The number of rotatable bonds is 4. The molecule has 4 rings (SSSR count). The second kappa shape index (κ2) is 7.67. The average molecular weight is 406 g/mol. The van der Waals surface area contributed by atoms with Crippen molar-refractivity contribution < 1.29 is 27.9 Å². The van der Waals surface area contributed by atoms with Gasteiger partial charge in [-0.1, -0.05) is 18.2 Å². The summed E-state index contributed by atoms with van der Waals surface area (Å²) in [4.78, 5) is 48.4. The lowest BCUT2D eigenvalue weighted by atomic mass is 10.1. The molecule has 0 amide bonds. The van der Waals surface area contributed by atoms with Gasteiger partial charge in [-0.3, -0.25) is 0 Å². The maximum absolute atomic E-state index is 12.5. The number of fused-ring (bicyclic) bond motifs is 2. The van der Waals surface area contributed by atoms with Crippen LogP contribution in [0.4, 0.5) is 0 Å². The Labute approximate surface area is 168 Å². The van der Waals surface area contributed by atoms with Crippen LogP contribution in [0, 0.1) is 0 Å². The molecule has 0 aliphatic rings. The van der Waals surface area contributed by atoms with Crippen LogP contribution in [0.2, 0.25) is 0 Å². The predicted octanol–water partition coefficient (Wildman–Crippen LogP) is 3.30. The van der Waals surface area contributed by atoms with Gasteiger partial charge in [0.1, 0.15) is 28.0 Å². The lowest BCUT2D eigenvalue weighted by Gasteiger charge is -2.06. The van der Waals surface area contributed by atoms with Gasteiger partial charge in [0.25, 0.3) is 0 Å². The van der Waals surface area contributed by atoms with Gasteiger partial charge in [-0.25, -0.2) is 19.2 Å². The van der Waals surface area contributed by atoms with E-state index < -0.39 is 23.2 Å². The Hall–Kier alpha value is -4.20. The third-order valence-electron chi connectivity index (χ3n) is 4.27. The minimum Gasteiger partial charge on any atom is -0.462 e. The third kappa shape index (κ3) is 3.58. The Morgan fingerprint density at radius 3 is 2.17 bits per heavy atom. The van der Waals surface area contributed by atoms with Crippen LogP contribution in [0.25, 0.3) is 21.9 Å². The zero-order valence-corrected chi connectivity index (χ0v) is 15.7. The standard InChI is InChI=1S/C22H14O8/c1-2-27-19(23)15-10-13-7-8-14(11-18(13)30-21(15)25)28-20(24)16-9-12-5-3-4-6-17(12)29-22(16)26/h3-11H,2H2,1H3. The number of benzene rings is 2. The van der Waals surface area contributed by atoms with Gasteiger partial charge in [-0.15, -0.1) is 0 Å². The molecule has 0 bridgehead atoms. The molecule has 2 aromatic carbocycles. The van der Waals surface area contributed by atoms with E-state index in [1.165, 1.54) is 30.3 Å². The Morgan fingerprint density at radius 1 is 0.800 bits per heavy atom. The summed E-state index contributed by atoms with van der Waals surface area (Å²) in [5, 5.41) is 1.00. The number of hydrogen-bond donors (Lipinski definition) is 0. The van der Waals surface area contributed by atoms with Gasteiger partial charge in [0, 0.05) is 16.8 Å². The molecular weight excluding hydrogens is 392 g/mol. The highest BCUT2D eigenvalue weighted by Crippen LogP contribution is 2.22. The highest BCUT2D eigenvalue weighted by molar-refractivity contribution is 5.95. The molecule has 0 N–H and O–H groups in total. The molecule has 0 aliphatic heterocycles. The van der Waals surface area contributed by atoms with Crippen LogP contribution < -0.4 is 16.0 Å². The molecule has 0 fully saturated rings. The lowest BCUT2D eigenvalue weighted by molar-refractivity contribution is 0.0521. The summed E-state index contributed by atoms with van der Waals surface area (Å²) >= 11 is 0. The number of ether oxygens (including phenoxy) is 2. The molecule has 0 spiro atoms. The molecule has 30 heavy (non-hydrogen) atoms. The van der Waals surface area contributed by atoms with Gasteiger partial charge >= 0.3 is 23.2 Å². The van der Waals surface area contributed by atoms with Crippen LogP contribution in [0.15, 0.2) is 73.0 Å². The van der Waals surface area contributed by atoms with E-state index in [0.717, 1.165) is 0 Å². The van der Waals surface area contributed by atoms with Crippen LogP contribution in [0.5, 0.6) is 5.75 Å². The van der Waals surface area contributed by atoms with Crippen molar-refractivity contribution in [1.82, 2.24) is 0 Å².